The highest BCUT2D eigenvalue weighted by atomic mass is 35.5. The van der Waals surface area contributed by atoms with Crippen molar-refractivity contribution in [1.82, 2.24) is 15.1 Å². The Labute approximate surface area is 211 Å². The molecule has 0 saturated heterocycles. The minimum Gasteiger partial charge on any atom is -0.372 e. The van der Waals surface area contributed by atoms with Crippen molar-refractivity contribution < 1.29 is 9.53 Å². The second kappa shape index (κ2) is 9.76. The van der Waals surface area contributed by atoms with Gasteiger partial charge in [-0.2, -0.15) is 5.10 Å². The molecule has 8 heteroatoms. The van der Waals surface area contributed by atoms with Crippen molar-refractivity contribution >= 4 is 52.1 Å². The third-order valence-corrected chi connectivity index (χ3v) is 7.01. The molecule has 5 rings (SSSR count). The summed E-state index contributed by atoms with van der Waals surface area (Å²) in [6.45, 7) is 2.64. The zero-order chi connectivity index (χ0) is 23.7. The van der Waals surface area contributed by atoms with Crippen LogP contribution in [0, 0.1) is 0 Å². The molecule has 5 nitrogen and oxygen atoms in total. The van der Waals surface area contributed by atoms with E-state index in [9.17, 15) is 4.79 Å². The maximum Gasteiger partial charge on any atom is 0.272 e. The molecule has 172 valence electrons. The smallest absolute Gasteiger partial charge is 0.272 e. The Morgan fingerprint density at radius 3 is 2.71 bits per heavy atom. The normalized spacial score (nSPS) is 15.2. The number of nitrogens with one attached hydrogen (secondary N) is 1. The van der Waals surface area contributed by atoms with Crippen LogP contribution in [0.2, 0.25) is 10.0 Å². The summed E-state index contributed by atoms with van der Waals surface area (Å²) in [7, 11) is 0. The molecule has 1 N–H and O–H groups in total. The lowest BCUT2D eigenvalue weighted by molar-refractivity contribution is 0.0926. The Morgan fingerprint density at radius 1 is 1.15 bits per heavy atom. The zero-order valence-electron chi connectivity index (χ0n) is 18.3. The van der Waals surface area contributed by atoms with Crippen LogP contribution in [0.5, 0.6) is 0 Å². The number of aromatic nitrogens is 2. The van der Waals surface area contributed by atoms with Crippen molar-refractivity contribution in [2.24, 2.45) is 0 Å². The van der Waals surface area contributed by atoms with Gasteiger partial charge in [0.15, 0.2) is 5.69 Å². The van der Waals surface area contributed by atoms with Crippen LogP contribution in [-0.4, -0.2) is 22.3 Å². The minimum atomic E-state index is -0.266. The number of hydrogen-bond acceptors (Lipinski definition) is 4. The van der Waals surface area contributed by atoms with Crippen LogP contribution in [0.15, 0.2) is 66.0 Å². The molecule has 3 heterocycles. The lowest BCUT2D eigenvalue weighted by Gasteiger charge is -2.19. The van der Waals surface area contributed by atoms with Gasteiger partial charge in [-0.05, 0) is 48.2 Å². The lowest BCUT2D eigenvalue weighted by atomic mass is 10.0. The number of halogens is 2. The summed E-state index contributed by atoms with van der Waals surface area (Å²) in [6.07, 6.45) is 2.07. The van der Waals surface area contributed by atoms with Crippen LogP contribution in [-0.2, 0) is 11.3 Å². The first-order chi connectivity index (χ1) is 16.5. The summed E-state index contributed by atoms with van der Waals surface area (Å²) >= 11 is 14.3. The highest BCUT2D eigenvalue weighted by Gasteiger charge is 2.30. The Kier molecular flexibility index (Phi) is 6.57. The minimum absolute atomic E-state index is 0.181. The van der Waals surface area contributed by atoms with Gasteiger partial charge in [0.1, 0.15) is 0 Å². The number of ether oxygens (including phenoxy) is 1. The van der Waals surface area contributed by atoms with E-state index in [1.54, 1.807) is 28.2 Å². The van der Waals surface area contributed by atoms with Gasteiger partial charge >= 0.3 is 0 Å². The van der Waals surface area contributed by atoms with Crippen LogP contribution < -0.4 is 5.32 Å². The molecule has 34 heavy (non-hydrogen) atoms. The van der Waals surface area contributed by atoms with Crippen molar-refractivity contribution in [3.63, 3.8) is 0 Å². The number of nitrogens with zero attached hydrogens (tertiary/aromatic N) is 2. The molecule has 0 spiro atoms. The topological polar surface area (TPSA) is 56.2 Å². The number of carbonyl (C=O) groups is 1. The predicted molar refractivity (Wildman–Crippen MR) is 138 cm³/mol. The molecule has 1 aliphatic heterocycles. The summed E-state index contributed by atoms with van der Waals surface area (Å²) in [6, 6.07) is 18.9. The SMILES string of the molecule is CC(NC(=O)c1nn(-c2ccc(Cl)cc2Cl)c2c1COC/C2=C\c1cccs1)c1ccccc1. The Balaban J connectivity index is 1.61. The molecule has 1 aliphatic rings. The summed E-state index contributed by atoms with van der Waals surface area (Å²) in [5.41, 5.74) is 4.47. The van der Waals surface area contributed by atoms with E-state index in [4.69, 9.17) is 33.0 Å². The van der Waals surface area contributed by atoms with Crippen molar-refractivity contribution in [2.75, 3.05) is 6.61 Å². The highest BCUT2D eigenvalue weighted by molar-refractivity contribution is 7.10. The molecule has 0 radical (unpaired) electrons. The molecule has 2 aromatic heterocycles. The van der Waals surface area contributed by atoms with Crippen LogP contribution in [0.25, 0.3) is 17.3 Å². The average Bonchev–Trinajstić information content (AvgIpc) is 3.48. The summed E-state index contributed by atoms with van der Waals surface area (Å²) in [4.78, 5) is 14.5. The first kappa shape index (κ1) is 22.9. The molecular formula is C26H21Cl2N3O2S. The van der Waals surface area contributed by atoms with E-state index in [-0.39, 0.29) is 18.6 Å². The van der Waals surface area contributed by atoms with E-state index in [0.29, 0.717) is 28.0 Å². The number of thiophene rings is 1. The summed E-state index contributed by atoms with van der Waals surface area (Å²) in [5, 5.41) is 10.8. The molecule has 1 unspecified atom stereocenters. The zero-order valence-corrected chi connectivity index (χ0v) is 20.6. The molecule has 0 bridgehead atoms. The first-order valence-electron chi connectivity index (χ1n) is 10.8. The standard InChI is InChI=1S/C26H21Cl2N3O2S/c1-16(17-6-3-2-4-7-17)29-26(32)24-21-15-33-14-18(12-20-8-5-11-34-20)25(21)31(30-24)23-10-9-19(27)13-22(23)28/h2-13,16H,14-15H2,1H3,(H,29,32)/b18-12+. The number of amides is 1. The number of rotatable bonds is 5. The van der Waals surface area contributed by atoms with Gasteiger partial charge in [0, 0.05) is 21.0 Å². The fourth-order valence-electron chi connectivity index (χ4n) is 4.00. The number of fused-ring (bicyclic) bond motifs is 1. The third-order valence-electron chi connectivity index (χ3n) is 5.65. The van der Waals surface area contributed by atoms with Gasteiger partial charge in [0.2, 0.25) is 0 Å². The van der Waals surface area contributed by atoms with E-state index in [0.717, 1.165) is 27.3 Å². The Morgan fingerprint density at radius 2 is 1.97 bits per heavy atom. The monoisotopic (exact) mass is 509 g/mol. The number of hydrogen-bond donors (Lipinski definition) is 1. The van der Waals surface area contributed by atoms with Crippen LogP contribution in [0.1, 0.15) is 45.2 Å². The Hall–Kier alpha value is -2.90. The molecule has 2 aromatic carbocycles. The molecule has 0 saturated carbocycles. The number of carbonyl (C=O) groups excluding carboxylic acids is 1. The maximum absolute atomic E-state index is 13.4. The molecule has 1 amide bonds. The second-order valence-electron chi connectivity index (χ2n) is 7.97. The van der Waals surface area contributed by atoms with Crippen LogP contribution in [0.3, 0.4) is 0 Å². The van der Waals surface area contributed by atoms with Gasteiger partial charge in [0.25, 0.3) is 5.91 Å². The Bertz CT molecular complexity index is 1360. The van der Waals surface area contributed by atoms with Gasteiger partial charge in [-0.25, -0.2) is 4.68 Å². The van der Waals surface area contributed by atoms with Crippen molar-refractivity contribution in [3.8, 4) is 5.69 Å². The number of benzene rings is 2. The molecular weight excluding hydrogens is 489 g/mol. The predicted octanol–water partition coefficient (Wildman–Crippen LogP) is 6.80. The van der Waals surface area contributed by atoms with Gasteiger partial charge < -0.3 is 10.1 Å². The third kappa shape index (κ3) is 4.55. The van der Waals surface area contributed by atoms with Crippen LogP contribution in [0.4, 0.5) is 0 Å². The van der Waals surface area contributed by atoms with Gasteiger partial charge in [-0.15, -0.1) is 11.3 Å². The highest BCUT2D eigenvalue weighted by Crippen LogP contribution is 2.35. The van der Waals surface area contributed by atoms with Gasteiger partial charge in [-0.1, -0.05) is 59.6 Å². The molecule has 0 fully saturated rings. The fourth-order valence-corrected chi connectivity index (χ4v) is 5.17. The van der Waals surface area contributed by atoms with Crippen molar-refractivity contribution in [2.45, 2.75) is 19.6 Å². The molecule has 1 atom stereocenters. The fraction of sp³-hybridized carbons (Fsp3) is 0.154. The first-order valence-corrected chi connectivity index (χ1v) is 12.4. The van der Waals surface area contributed by atoms with E-state index in [2.05, 4.69) is 11.4 Å². The summed E-state index contributed by atoms with van der Waals surface area (Å²) < 4.78 is 7.62. The largest absolute Gasteiger partial charge is 0.372 e. The van der Waals surface area contributed by atoms with Crippen molar-refractivity contribution in [1.29, 1.82) is 0 Å². The molecule has 4 aromatic rings. The van der Waals surface area contributed by atoms with E-state index >= 15 is 0 Å². The maximum atomic E-state index is 13.4. The lowest BCUT2D eigenvalue weighted by Crippen LogP contribution is -2.28. The van der Waals surface area contributed by atoms with Gasteiger partial charge in [-0.3, -0.25) is 4.79 Å². The van der Waals surface area contributed by atoms with Gasteiger partial charge in [0.05, 0.1) is 35.7 Å². The quantitative estimate of drug-likeness (QED) is 0.321. The van der Waals surface area contributed by atoms with E-state index in [1.807, 2.05) is 60.8 Å². The van der Waals surface area contributed by atoms with Crippen molar-refractivity contribution in [3.05, 3.63) is 103 Å². The van der Waals surface area contributed by atoms with Crippen LogP contribution >= 0.6 is 34.5 Å². The average molecular weight is 510 g/mol. The van der Waals surface area contributed by atoms with E-state index < -0.39 is 0 Å². The molecule has 0 aliphatic carbocycles. The summed E-state index contributed by atoms with van der Waals surface area (Å²) in [5.74, 6) is -0.266. The second-order valence-corrected chi connectivity index (χ2v) is 9.79. The van der Waals surface area contributed by atoms with E-state index in [1.165, 1.54) is 0 Å².